The fraction of sp³-hybridized carbons (Fsp3) is 1.00. The molecule has 0 amide bonds. The summed E-state index contributed by atoms with van der Waals surface area (Å²) in [5.74, 6) is 0.963. The van der Waals surface area contributed by atoms with E-state index >= 15 is 0 Å². The van der Waals surface area contributed by atoms with Crippen molar-refractivity contribution in [2.24, 2.45) is 0 Å². The predicted molar refractivity (Wildman–Crippen MR) is 48.4 cm³/mol. The molecule has 0 aromatic rings. The number of hydrogen-bond acceptors (Lipinski definition) is 2. The van der Waals surface area contributed by atoms with Gasteiger partial charge in [0.25, 0.3) is 0 Å². The number of nitrogens with zero attached hydrogens (tertiary/aromatic N) is 1. The van der Waals surface area contributed by atoms with E-state index in [4.69, 9.17) is 0 Å². The summed E-state index contributed by atoms with van der Waals surface area (Å²) >= 11 is 4.07. The molecule has 0 aliphatic heterocycles. The van der Waals surface area contributed by atoms with Gasteiger partial charge in [0, 0.05) is 12.3 Å². The summed E-state index contributed by atoms with van der Waals surface area (Å²) in [5, 5.41) is 0. The van der Waals surface area contributed by atoms with Crippen LogP contribution >= 0.6 is 12.6 Å². The van der Waals surface area contributed by atoms with Gasteiger partial charge in [-0.1, -0.05) is 20.8 Å². The first-order valence-corrected chi connectivity index (χ1v) is 4.24. The molecule has 0 atom stereocenters. The molecular formula is C7H19NS. The molecule has 0 aliphatic carbocycles. The van der Waals surface area contributed by atoms with Crippen LogP contribution in [0.2, 0.25) is 0 Å². The van der Waals surface area contributed by atoms with Crippen molar-refractivity contribution in [2.75, 3.05) is 25.9 Å². The molecule has 0 saturated heterocycles. The fourth-order valence-electron chi connectivity index (χ4n) is 0.329. The van der Waals surface area contributed by atoms with Gasteiger partial charge >= 0.3 is 0 Å². The van der Waals surface area contributed by atoms with Crippen LogP contribution in [0.15, 0.2) is 0 Å². The number of thiol groups is 1. The molecule has 0 N–H and O–H groups in total. The van der Waals surface area contributed by atoms with Crippen LogP contribution in [-0.2, 0) is 0 Å². The van der Waals surface area contributed by atoms with Crippen LogP contribution in [0.25, 0.3) is 0 Å². The van der Waals surface area contributed by atoms with Crippen LogP contribution in [0, 0.1) is 0 Å². The second-order valence-electron chi connectivity index (χ2n) is 1.62. The van der Waals surface area contributed by atoms with E-state index in [1.165, 1.54) is 0 Å². The summed E-state index contributed by atoms with van der Waals surface area (Å²) in [5.41, 5.74) is 0. The second-order valence-corrected chi connectivity index (χ2v) is 2.07. The Morgan fingerprint density at radius 2 is 1.78 bits per heavy atom. The Morgan fingerprint density at radius 1 is 1.33 bits per heavy atom. The van der Waals surface area contributed by atoms with E-state index in [1.54, 1.807) is 0 Å². The topological polar surface area (TPSA) is 3.24 Å². The summed E-state index contributed by atoms with van der Waals surface area (Å²) in [6, 6.07) is 0. The van der Waals surface area contributed by atoms with Crippen molar-refractivity contribution in [2.45, 2.75) is 20.8 Å². The Labute approximate surface area is 64.8 Å². The van der Waals surface area contributed by atoms with E-state index in [0.29, 0.717) is 0 Å². The third-order valence-electron chi connectivity index (χ3n) is 1.02. The van der Waals surface area contributed by atoms with E-state index in [0.717, 1.165) is 18.8 Å². The van der Waals surface area contributed by atoms with Crippen molar-refractivity contribution in [3.05, 3.63) is 0 Å². The monoisotopic (exact) mass is 149 g/mol. The predicted octanol–water partition coefficient (Wildman–Crippen LogP) is 1.89. The molecule has 0 bridgehead atoms. The van der Waals surface area contributed by atoms with Crippen molar-refractivity contribution in [3.63, 3.8) is 0 Å². The Morgan fingerprint density at radius 3 is 1.89 bits per heavy atom. The summed E-state index contributed by atoms with van der Waals surface area (Å²) in [7, 11) is 2.09. The highest BCUT2D eigenvalue weighted by atomic mass is 32.1. The Hall–Kier alpha value is 0.310. The van der Waals surface area contributed by atoms with Crippen molar-refractivity contribution in [1.82, 2.24) is 4.90 Å². The average molecular weight is 149 g/mol. The summed E-state index contributed by atoms with van der Waals surface area (Å²) in [4.78, 5) is 2.23. The van der Waals surface area contributed by atoms with Gasteiger partial charge in [-0.05, 0) is 13.6 Å². The molecule has 58 valence electrons. The van der Waals surface area contributed by atoms with E-state index < -0.39 is 0 Å². The fourth-order valence-corrected chi connectivity index (χ4v) is 0.670. The summed E-state index contributed by atoms with van der Waals surface area (Å²) in [6.07, 6.45) is 0. The zero-order chi connectivity index (χ0) is 7.70. The highest BCUT2D eigenvalue weighted by Gasteiger charge is 1.86. The van der Waals surface area contributed by atoms with Gasteiger partial charge in [0.05, 0.1) is 0 Å². The average Bonchev–Trinajstić information content (AvgIpc) is 1.93. The van der Waals surface area contributed by atoms with E-state index in [1.807, 2.05) is 13.8 Å². The van der Waals surface area contributed by atoms with Gasteiger partial charge < -0.3 is 4.90 Å². The van der Waals surface area contributed by atoms with Crippen LogP contribution in [-0.4, -0.2) is 30.8 Å². The van der Waals surface area contributed by atoms with Gasteiger partial charge in [-0.25, -0.2) is 0 Å². The van der Waals surface area contributed by atoms with E-state index in [-0.39, 0.29) is 0 Å². The van der Waals surface area contributed by atoms with E-state index in [9.17, 15) is 0 Å². The third-order valence-corrected chi connectivity index (χ3v) is 1.22. The van der Waals surface area contributed by atoms with Crippen LogP contribution < -0.4 is 0 Å². The van der Waals surface area contributed by atoms with E-state index in [2.05, 4.69) is 31.5 Å². The SMILES string of the molecule is CC.CCN(C)CCS. The van der Waals surface area contributed by atoms with Crippen LogP contribution in [0.4, 0.5) is 0 Å². The molecule has 0 rings (SSSR count). The lowest BCUT2D eigenvalue weighted by Crippen LogP contribution is -2.19. The second kappa shape index (κ2) is 11.2. The molecule has 0 aromatic heterocycles. The molecule has 0 saturated carbocycles. The maximum Gasteiger partial charge on any atom is 0.00667 e. The van der Waals surface area contributed by atoms with Gasteiger partial charge in [-0.3, -0.25) is 0 Å². The minimum atomic E-state index is 0.963. The van der Waals surface area contributed by atoms with Crippen molar-refractivity contribution >= 4 is 12.6 Å². The largest absolute Gasteiger partial charge is 0.306 e. The highest BCUT2D eigenvalue weighted by Crippen LogP contribution is 1.80. The zero-order valence-electron chi connectivity index (χ0n) is 7.02. The minimum Gasteiger partial charge on any atom is -0.306 e. The zero-order valence-corrected chi connectivity index (χ0v) is 7.91. The lowest BCUT2D eigenvalue weighted by molar-refractivity contribution is 0.377. The van der Waals surface area contributed by atoms with Gasteiger partial charge in [0.15, 0.2) is 0 Å². The van der Waals surface area contributed by atoms with Gasteiger partial charge in [-0.15, -0.1) is 0 Å². The quantitative estimate of drug-likeness (QED) is 0.600. The first kappa shape index (κ1) is 12.0. The maximum atomic E-state index is 4.07. The molecule has 0 spiro atoms. The lowest BCUT2D eigenvalue weighted by atomic mass is 10.6. The molecule has 9 heavy (non-hydrogen) atoms. The van der Waals surface area contributed by atoms with Gasteiger partial charge in [0.1, 0.15) is 0 Å². The number of rotatable bonds is 3. The molecule has 0 aromatic carbocycles. The Bertz CT molecular complexity index is 39.9. The molecule has 0 unspecified atom stereocenters. The maximum absolute atomic E-state index is 4.07. The lowest BCUT2D eigenvalue weighted by Gasteiger charge is -2.09. The smallest absolute Gasteiger partial charge is 0.00667 e. The molecular weight excluding hydrogens is 130 g/mol. The molecule has 1 nitrogen and oxygen atoms in total. The third kappa shape index (κ3) is 11.7. The van der Waals surface area contributed by atoms with Crippen LogP contribution in [0.5, 0.6) is 0 Å². The first-order chi connectivity index (χ1) is 4.31. The minimum absolute atomic E-state index is 0.963. The molecule has 0 heterocycles. The molecule has 0 aliphatic rings. The van der Waals surface area contributed by atoms with Crippen LogP contribution in [0.1, 0.15) is 20.8 Å². The van der Waals surface area contributed by atoms with Crippen molar-refractivity contribution < 1.29 is 0 Å². The molecule has 0 fully saturated rings. The molecule has 2 heteroatoms. The van der Waals surface area contributed by atoms with Crippen LogP contribution in [0.3, 0.4) is 0 Å². The summed E-state index contributed by atoms with van der Waals surface area (Å²) in [6.45, 7) is 8.36. The normalized spacial score (nSPS) is 8.67. The number of hydrogen-bond donors (Lipinski definition) is 1. The first-order valence-electron chi connectivity index (χ1n) is 3.60. The standard InChI is InChI=1S/C5H13NS.C2H6/c1-3-6(2)4-5-7;1-2/h7H,3-5H2,1-2H3;1-2H3. The van der Waals surface area contributed by atoms with Gasteiger partial charge in [-0.2, -0.15) is 12.6 Å². The highest BCUT2D eigenvalue weighted by molar-refractivity contribution is 7.80. The Kier molecular flexibility index (Phi) is 14.9. The van der Waals surface area contributed by atoms with Crippen molar-refractivity contribution in [3.8, 4) is 0 Å². The van der Waals surface area contributed by atoms with Gasteiger partial charge in [0.2, 0.25) is 0 Å². The summed E-state index contributed by atoms with van der Waals surface area (Å²) < 4.78 is 0. The Balaban J connectivity index is 0. The van der Waals surface area contributed by atoms with Crippen molar-refractivity contribution in [1.29, 1.82) is 0 Å². The molecule has 0 radical (unpaired) electrons.